The number of nitrogens with zero attached hydrogens (tertiary/aromatic N) is 1. The van der Waals surface area contributed by atoms with Gasteiger partial charge in [0.05, 0.1) is 17.0 Å². The summed E-state index contributed by atoms with van der Waals surface area (Å²) in [4.78, 5) is 26.0. The molecule has 0 spiro atoms. The largest absolute Gasteiger partial charge is 0.399 e. The molecule has 1 heterocycles. The monoisotopic (exact) mass is 302 g/mol. The van der Waals surface area contributed by atoms with Crippen LogP contribution >= 0.6 is 11.8 Å². The van der Waals surface area contributed by atoms with Crippen molar-refractivity contribution in [1.82, 2.24) is 4.90 Å². The number of benzene rings is 2. The molecule has 6 heteroatoms. The normalized spacial score (nSPS) is 13.7. The van der Waals surface area contributed by atoms with Gasteiger partial charge in [-0.3, -0.25) is 14.5 Å². The fraction of sp³-hybridized carbons (Fsp3) is 0.0667. The zero-order valence-corrected chi connectivity index (χ0v) is 11.7. The summed E-state index contributed by atoms with van der Waals surface area (Å²) < 4.78 is 13.3. The van der Waals surface area contributed by atoms with Crippen LogP contribution in [-0.4, -0.2) is 22.6 Å². The maximum atomic E-state index is 13.3. The average Bonchev–Trinajstić information content (AvgIpc) is 2.69. The Kier molecular flexibility index (Phi) is 3.39. The number of rotatable bonds is 3. The molecule has 0 aromatic heterocycles. The first-order valence-electron chi connectivity index (χ1n) is 6.20. The summed E-state index contributed by atoms with van der Waals surface area (Å²) in [6.07, 6.45) is 0. The van der Waals surface area contributed by atoms with Gasteiger partial charge in [-0.15, -0.1) is 11.8 Å². The lowest BCUT2D eigenvalue weighted by molar-refractivity contribution is 0.0684. The second kappa shape index (κ2) is 5.21. The lowest BCUT2D eigenvalue weighted by atomic mass is 10.1. The summed E-state index contributed by atoms with van der Waals surface area (Å²) in [7, 11) is 0. The Morgan fingerprint density at radius 3 is 2.24 bits per heavy atom. The minimum atomic E-state index is -0.445. The summed E-state index contributed by atoms with van der Waals surface area (Å²) in [6.45, 7) is 0. The Labute approximate surface area is 124 Å². The molecule has 2 N–H and O–H groups in total. The van der Waals surface area contributed by atoms with Crippen LogP contribution in [0, 0.1) is 5.82 Å². The van der Waals surface area contributed by atoms with Gasteiger partial charge >= 0.3 is 0 Å². The van der Waals surface area contributed by atoms with Crippen molar-refractivity contribution in [2.45, 2.75) is 4.90 Å². The minimum Gasteiger partial charge on any atom is -0.399 e. The Bertz CT molecular complexity index is 693. The van der Waals surface area contributed by atoms with Crippen LogP contribution in [0.3, 0.4) is 0 Å². The molecule has 0 aliphatic carbocycles. The highest BCUT2D eigenvalue weighted by Gasteiger charge is 2.34. The molecule has 0 radical (unpaired) electrons. The van der Waals surface area contributed by atoms with E-state index in [0.717, 1.165) is 4.90 Å². The summed E-state index contributed by atoms with van der Waals surface area (Å²) >= 11 is 1.19. The Balaban J connectivity index is 1.78. The van der Waals surface area contributed by atoms with Crippen molar-refractivity contribution < 1.29 is 14.0 Å². The van der Waals surface area contributed by atoms with Crippen LogP contribution in [-0.2, 0) is 0 Å². The van der Waals surface area contributed by atoms with E-state index < -0.39 is 5.82 Å². The Hall–Kier alpha value is -2.34. The van der Waals surface area contributed by atoms with Crippen molar-refractivity contribution >= 4 is 29.3 Å². The fourth-order valence-electron chi connectivity index (χ4n) is 2.16. The van der Waals surface area contributed by atoms with E-state index in [2.05, 4.69) is 0 Å². The number of imide groups is 1. The molecule has 0 unspecified atom stereocenters. The van der Waals surface area contributed by atoms with Crippen LogP contribution in [0.5, 0.6) is 0 Å². The van der Waals surface area contributed by atoms with Crippen molar-refractivity contribution in [3.63, 3.8) is 0 Å². The van der Waals surface area contributed by atoms with E-state index in [1.807, 2.05) is 0 Å². The van der Waals surface area contributed by atoms with Gasteiger partial charge in [0.1, 0.15) is 5.82 Å². The number of halogens is 1. The van der Waals surface area contributed by atoms with Gasteiger partial charge in [-0.05, 0) is 30.3 Å². The first-order valence-corrected chi connectivity index (χ1v) is 7.19. The predicted molar refractivity (Wildman–Crippen MR) is 78.5 cm³/mol. The van der Waals surface area contributed by atoms with E-state index in [1.54, 1.807) is 30.3 Å². The highest BCUT2D eigenvalue weighted by atomic mass is 32.2. The fourth-order valence-corrected chi connectivity index (χ4v) is 3.09. The van der Waals surface area contributed by atoms with Crippen LogP contribution in [0.15, 0.2) is 47.4 Å². The number of hydrogen-bond donors (Lipinski definition) is 1. The van der Waals surface area contributed by atoms with Crippen molar-refractivity contribution in [2.75, 3.05) is 11.6 Å². The van der Waals surface area contributed by atoms with Crippen molar-refractivity contribution in [3.05, 3.63) is 59.4 Å². The van der Waals surface area contributed by atoms with Gasteiger partial charge in [-0.2, -0.15) is 0 Å². The summed E-state index contributed by atoms with van der Waals surface area (Å²) in [5, 5.41) is 0. The average molecular weight is 302 g/mol. The molecule has 4 nitrogen and oxygen atoms in total. The van der Waals surface area contributed by atoms with E-state index in [4.69, 9.17) is 5.73 Å². The SMILES string of the molecule is Nc1cc(F)cc(SCN2C(=O)c3ccccc3C2=O)c1. The topological polar surface area (TPSA) is 63.4 Å². The molecular formula is C15H11FN2O2S. The maximum absolute atomic E-state index is 13.3. The summed E-state index contributed by atoms with van der Waals surface area (Å²) in [5.74, 6) is -0.977. The number of hydrogen-bond acceptors (Lipinski definition) is 4. The molecule has 2 aromatic carbocycles. The quantitative estimate of drug-likeness (QED) is 0.538. The Morgan fingerprint density at radius 2 is 1.67 bits per heavy atom. The van der Waals surface area contributed by atoms with Crippen LogP contribution < -0.4 is 5.73 Å². The predicted octanol–water partition coefficient (Wildman–Crippen LogP) is 2.75. The molecule has 106 valence electrons. The van der Waals surface area contributed by atoms with Crippen LogP contribution in [0.4, 0.5) is 10.1 Å². The van der Waals surface area contributed by atoms with E-state index >= 15 is 0 Å². The summed E-state index contributed by atoms with van der Waals surface area (Å²) in [5.41, 5.74) is 6.68. The zero-order valence-electron chi connectivity index (χ0n) is 10.9. The van der Waals surface area contributed by atoms with Gasteiger partial charge in [-0.1, -0.05) is 12.1 Å². The smallest absolute Gasteiger partial charge is 0.262 e. The molecule has 0 bridgehead atoms. The van der Waals surface area contributed by atoms with Gasteiger partial charge in [0.15, 0.2) is 0 Å². The van der Waals surface area contributed by atoms with Gasteiger partial charge in [0, 0.05) is 10.6 Å². The van der Waals surface area contributed by atoms with Crippen LogP contribution in [0.1, 0.15) is 20.7 Å². The molecule has 2 amide bonds. The van der Waals surface area contributed by atoms with Crippen molar-refractivity contribution in [1.29, 1.82) is 0 Å². The third-order valence-electron chi connectivity index (χ3n) is 3.13. The molecule has 1 aliphatic rings. The number of nitrogens with two attached hydrogens (primary N) is 1. The summed E-state index contributed by atoms with van der Waals surface area (Å²) in [6, 6.07) is 10.8. The molecule has 0 fully saturated rings. The molecule has 0 atom stereocenters. The van der Waals surface area contributed by atoms with Gasteiger partial charge in [0.2, 0.25) is 0 Å². The number of thioether (sulfide) groups is 1. The maximum Gasteiger partial charge on any atom is 0.262 e. The molecule has 0 saturated heterocycles. The van der Waals surface area contributed by atoms with Crippen LogP contribution in [0.25, 0.3) is 0 Å². The number of amides is 2. The van der Waals surface area contributed by atoms with E-state index in [-0.39, 0.29) is 17.7 Å². The first-order chi connectivity index (χ1) is 10.1. The number of carbonyl (C=O) groups excluding carboxylic acids is 2. The molecule has 3 rings (SSSR count). The Morgan fingerprint density at radius 1 is 1.05 bits per heavy atom. The van der Waals surface area contributed by atoms with E-state index in [1.165, 1.54) is 23.9 Å². The van der Waals surface area contributed by atoms with E-state index in [0.29, 0.717) is 21.7 Å². The zero-order chi connectivity index (χ0) is 15.0. The highest BCUT2D eigenvalue weighted by molar-refractivity contribution is 7.99. The lowest BCUT2D eigenvalue weighted by Crippen LogP contribution is -2.29. The standard InChI is InChI=1S/C15H11FN2O2S/c16-9-5-10(17)7-11(6-9)21-8-18-14(19)12-3-1-2-4-13(12)15(18)20/h1-7H,8,17H2. The van der Waals surface area contributed by atoms with Crippen LogP contribution in [0.2, 0.25) is 0 Å². The first kappa shape index (κ1) is 13.6. The molecule has 21 heavy (non-hydrogen) atoms. The second-order valence-corrected chi connectivity index (χ2v) is 5.60. The number of carbonyl (C=O) groups is 2. The van der Waals surface area contributed by atoms with Gasteiger partial charge in [0.25, 0.3) is 11.8 Å². The number of fused-ring (bicyclic) bond motifs is 1. The van der Waals surface area contributed by atoms with Gasteiger partial charge in [-0.25, -0.2) is 4.39 Å². The third-order valence-corrected chi connectivity index (χ3v) is 4.09. The van der Waals surface area contributed by atoms with Crippen molar-refractivity contribution in [2.24, 2.45) is 0 Å². The third kappa shape index (κ3) is 2.50. The van der Waals surface area contributed by atoms with E-state index in [9.17, 15) is 14.0 Å². The molecular weight excluding hydrogens is 291 g/mol. The molecule has 2 aromatic rings. The van der Waals surface area contributed by atoms with Gasteiger partial charge < -0.3 is 5.73 Å². The second-order valence-electron chi connectivity index (χ2n) is 4.58. The highest BCUT2D eigenvalue weighted by Crippen LogP contribution is 2.28. The molecule has 1 aliphatic heterocycles. The number of anilines is 1. The van der Waals surface area contributed by atoms with Crippen molar-refractivity contribution in [3.8, 4) is 0 Å². The number of nitrogen functional groups attached to an aromatic ring is 1. The lowest BCUT2D eigenvalue weighted by Gasteiger charge is -2.13. The molecule has 0 saturated carbocycles. The minimum absolute atomic E-state index is 0.120.